The number of hydrogen-bond donors (Lipinski definition) is 1. The van der Waals surface area contributed by atoms with Crippen molar-refractivity contribution in [2.24, 2.45) is 0 Å². The molecule has 2 nitrogen and oxygen atoms in total. The molecule has 0 amide bonds. The number of likely N-dealkylation sites (N-methyl/N-ethyl adjacent to an activating group) is 1. The molecule has 1 atom stereocenters. The highest BCUT2D eigenvalue weighted by atomic mass is 127. The summed E-state index contributed by atoms with van der Waals surface area (Å²) in [6.07, 6.45) is 2.60. The van der Waals surface area contributed by atoms with E-state index >= 15 is 0 Å². The molecule has 0 aromatic carbocycles. The first-order valence-electron chi connectivity index (χ1n) is 2.94. The highest BCUT2D eigenvalue weighted by Gasteiger charge is 2.13. The fraction of sp³-hybridized carbons (Fsp3) is 0.667. The first kappa shape index (κ1) is 7.50. The lowest BCUT2D eigenvalue weighted by atomic mass is 10.2. The largest absolute Gasteiger partial charge is 0.375 e. The van der Waals surface area contributed by atoms with E-state index in [9.17, 15) is 5.11 Å². The zero-order valence-electron chi connectivity index (χ0n) is 5.34. The van der Waals surface area contributed by atoms with Gasteiger partial charge in [-0.2, -0.15) is 0 Å². The maximum atomic E-state index is 9.19. The smallest absolute Gasteiger partial charge is 0.127 e. The maximum absolute atomic E-state index is 9.19. The summed E-state index contributed by atoms with van der Waals surface area (Å²) in [5.74, 6) is 0. The van der Waals surface area contributed by atoms with Crippen molar-refractivity contribution in [1.29, 1.82) is 0 Å². The van der Waals surface area contributed by atoms with Crippen LogP contribution in [0.5, 0.6) is 0 Å². The molecule has 0 radical (unpaired) electrons. The van der Waals surface area contributed by atoms with Gasteiger partial charge in [-0.25, -0.2) is 0 Å². The molecule has 0 aliphatic carbocycles. The van der Waals surface area contributed by atoms with Gasteiger partial charge in [0.05, 0.1) is 0 Å². The fourth-order valence-corrected chi connectivity index (χ4v) is 1.35. The molecular formula is C6H10INO. The number of nitrogens with zero attached hydrogens (tertiary/aromatic N) is 1. The molecule has 1 N–H and O–H groups in total. The van der Waals surface area contributed by atoms with Crippen molar-refractivity contribution in [2.45, 2.75) is 12.6 Å². The molecule has 0 spiro atoms. The average molecular weight is 239 g/mol. The van der Waals surface area contributed by atoms with Crippen LogP contribution in [-0.2, 0) is 0 Å². The van der Waals surface area contributed by atoms with E-state index in [4.69, 9.17) is 0 Å². The Labute approximate surface area is 68.7 Å². The second-order valence-electron chi connectivity index (χ2n) is 2.26. The lowest BCUT2D eigenvalue weighted by Gasteiger charge is -2.25. The molecule has 52 valence electrons. The van der Waals surface area contributed by atoms with Crippen molar-refractivity contribution in [3.8, 4) is 0 Å². The van der Waals surface area contributed by atoms with E-state index in [0.29, 0.717) is 0 Å². The van der Waals surface area contributed by atoms with Gasteiger partial charge in [0, 0.05) is 6.54 Å². The Bertz CT molecular complexity index is 135. The SMILES string of the molecule is CN1CCC(I)=CC1O. The normalized spacial score (nSPS) is 30.1. The quantitative estimate of drug-likeness (QED) is 0.636. The summed E-state index contributed by atoms with van der Waals surface area (Å²) in [5, 5.41) is 9.19. The third-order valence-electron chi connectivity index (χ3n) is 1.48. The van der Waals surface area contributed by atoms with Gasteiger partial charge in [-0.1, -0.05) is 0 Å². The Morgan fingerprint density at radius 3 is 3.00 bits per heavy atom. The highest BCUT2D eigenvalue weighted by molar-refractivity contribution is 14.1. The lowest BCUT2D eigenvalue weighted by molar-refractivity contribution is 0.0576. The van der Waals surface area contributed by atoms with Gasteiger partial charge in [-0.05, 0) is 45.7 Å². The zero-order chi connectivity index (χ0) is 6.85. The van der Waals surface area contributed by atoms with Gasteiger partial charge < -0.3 is 5.11 Å². The van der Waals surface area contributed by atoms with Crippen molar-refractivity contribution in [2.75, 3.05) is 13.6 Å². The molecule has 1 heterocycles. The van der Waals surface area contributed by atoms with E-state index in [-0.39, 0.29) is 6.23 Å². The van der Waals surface area contributed by atoms with Crippen LogP contribution in [0.1, 0.15) is 6.42 Å². The van der Waals surface area contributed by atoms with Crippen molar-refractivity contribution >= 4 is 22.6 Å². The van der Waals surface area contributed by atoms with Crippen LogP contribution in [0, 0.1) is 0 Å². The molecule has 1 aliphatic rings. The molecule has 1 rings (SSSR count). The Morgan fingerprint density at radius 1 is 1.89 bits per heavy atom. The zero-order valence-corrected chi connectivity index (χ0v) is 7.50. The van der Waals surface area contributed by atoms with E-state index in [1.54, 1.807) is 0 Å². The van der Waals surface area contributed by atoms with Gasteiger partial charge in [0.15, 0.2) is 0 Å². The van der Waals surface area contributed by atoms with Gasteiger partial charge >= 0.3 is 0 Å². The minimum Gasteiger partial charge on any atom is -0.375 e. The highest BCUT2D eigenvalue weighted by Crippen LogP contribution is 2.18. The van der Waals surface area contributed by atoms with Crippen LogP contribution >= 0.6 is 22.6 Å². The molecule has 1 unspecified atom stereocenters. The number of rotatable bonds is 0. The Morgan fingerprint density at radius 2 is 2.56 bits per heavy atom. The predicted molar refractivity (Wildman–Crippen MR) is 45.4 cm³/mol. The number of halogens is 1. The van der Waals surface area contributed by atoms with E-state index in [2.05, 4.69) is 22.6 Å². The van der Waals surface area contributed by atoms with E-state index in [1.165, 1.54) is 3.58 Å². The molecule has 0 saturated carbocycles. The monoisotopic (exact) mass is 239 g/mol. The van der Waals surface area contributed by atoms with Crippen LogP contribution in [0.15, 0.2) is 9.66 Å². The Hall–Kier alpha value is 0.390. The second kappa shape index (κ2) is 2.98. The summed E-state index contributed by atoms with van der Waals surface area (Å²) in [5.41, 5.74) is 0. The first-order valence-corrected chi connectivity index (χ1v) is 4.02. The molecule has 0 fully saturated rings. The maximum Gasteiger partial charge on any atom is 0.127 e. The van der Waals surface area contributed by atoms with Crippen molar-refractivity contribution < 1.29 is 5.11 Å². The average Bonchev–Trinajstić information content (AvgIpc) is 1.80. The van der Waals surface area contributed by atoms with Crippen LogP contribution in [0.2, 0.25) is 0 Å². The molecule has 0 aromatic rings. The van der Waals surface area contributed by atoms with E-state index in [1.807, 2.05) is 18.0 Å². The molecule has 3 heteroatoms. The number of aliphatic hydroxyl groups excluding tert-OH is 1. The van der Waals surface area contributed by atoms with Crippen molar-refractivity contribution in [1.82, 2.24) is 4.90 Å². The summed E-state index contributed by atoms with van der Waals surface area (Å²) in [6.45, 7) is 0.968. The van der Waals surface area contributed by atoms with Gasteiger partial charge in [-0.15, -0.1) is 0 Å². The third kappa shape index (κ3) is 1.91. The summed E-state index contributed by atoms with van der Waals surface area (Å²) < 4.78 is 1.26. The molecule has 1 aliphatic heterocycles. The predicted octanol–water partition coefficient (Wildman–Crippen LogP) is 0.959. The standard InChI is InChI=1S/C6H10INO/c1-8-3-2-5(7)4-6(8)9/h4,6,9H,2-3H2,1H3. The summed E-state index contributed by atoms with van der Waals surface area (Å²) >= 11 is 2.26. The number of hydrogen-bond acceptors (Lipinski definition) is 2. The molecule has 0 bridgehead atoms. The summed E-state index contributed by atoms with van der Waals surface area (Å²) in [7, 11) is 1.92. The van der Waals surface area contributed by atoms with Crippen LogP contribution in [0.25, 0.3) is 0 Å². The summed E-state index contributed by atoms with van der Waals surface area (Å²) in [6, 6.07) is 0. The van der Waals surface area contributed by atoms with Crippen molar-refractivity contribution in [3.05, 3.63) is 9.66 Å². The lowest BCUT2D eigenvalue weighted by Crippen LogP contribution is -2.33. The van der Waals surface area contributed by atoms with Crippen LogP contribution in [0.3, 0.4) is 0 Å². The van der Waals surface area contributed by atoms with E-state index in [0.717, 1.165) is 13.0 Å². The Balaban J connectivity index is 2.58. The van der Waals surface area contributed by atoms with Gasteiger partial charge in [-0.3, -0.25) is 4.90 Å². The number of aliphatic hydroxyl groups is 1. The second-order valence-corrected chi connectivity index (χ2v) is 3.64. The van der Waals surface area contributed by atoms with Crippen LogP contribution < -0.4 is 0 Å². The van der Waals surface area contributed by atoms with Crippen LogP contribution in [0.4, 0.5) is 0 Å². The Kier molecular flexibility index (Phi) is 2.49. The fourth-order valence-electron chi connectivity index (χ4n) is 0.788. The minimum atomic E-state index is -0.356. The summed E-state index contributed by atoms with van der Waals surface area (Å²) in [4.78, 5) is 1.92. The van der Waals surface area contributed by atoms with Gasteiger partial charge in [0.25, 0.3) is 0 Å². The first-order chi connectivity index (χ1) is 4.20. The topological polar surface area (TPSA) is 23.5 Å². The molecule has 0 saturated heterocycles. The van der Waals surface area contributed by atoms with E-state index < -0.39 is 0 Å². The third-order valence-corrected chi connectivity index (χ3v) is 2.38. The van der Waals surface area contributed by atoms with Crippen LogP contribution in [-0.4, -0.2) is 29.8 Å². The molecule has 0 aromatic heterocycles. The minimum absolute atomic E-state index is 0.356. The van der Waals surface area contributed by atoms with Crippen molar-refractivity contribution in [3.63, 3.8) is 0 Å². The molecule has 9 heavy (non-hydrogen) atoms. The van der Waals surface area contributed by atoms with Gasteiger partial charge in [0.2, 0.25) is 0 Å². The molecular weight excluding hydrogens is 229 g/mol. The van der Waals surface area contributed by atoms with Gasteiger partial charge in [0.1, 0.15) is 6.23 Å².